The van der Waals surface area contributed by atoms with Crippen LogP contribution < -0.4 is 11.1 Å². The Morgan fingerprint density at radius 3 is 2.45 bits per heavy atom. The van der Waals surface area contributed by atoms with Crippen LogP contribution in [0.25, 0.3) is 0 Å². The van der Waals surface area contributed by atoms with Crippen molar-refractivity contribution in [2.75, 3.05) is 6.54 Å². The van der Waals surface area contributed by atoms with Gasteiger partial charge in [-0.15, -0.1) is 12.4 Å². The first-order valence-corrected chi connectivity index (χ1v) is 7.00. The van der Waals surface area contributed by atoms with E-state index in [-0.39, 0.29) is 29.8 Å². The molecular formula is C16H27ClN2O. The summed E-state index contributed by atoms with van der Waals surface area (Å²) in [6.07, 6.45) is 2.19. The summed E-state index contributed by atoms with van der Waals surface area (Å²) >= 11 is 0. The summed E-state index contributed by atoms with van der Waals surface area (Å²) in [5, 5.41) is 3.05. The molecule has 1 unspecified atom stereocenters. The van der Waals surface area contributed by atoms with Crippen molar-refractivity contribution in [3.63, 3.8) is 0 Å². The van der Waals surface area contributed by atoms with E-state index in [0.29, 0.717) is 13.0 Å². The standard InChI is InChI=1S/C16H26N2O.ClH/c1-13(18-15(19)10-7-11-17)12-16(2,3)14-8-5-4-6-9-14;/h4-6,8-9,13H,7,10-12,17H2,1-3H3,(H,18,19);1H. The van der Waals surface area contributed by atoms with Gasteiger partial charge in [-0.25, -0.2) is 0 Å². The maximum absolute atomic E-state index is 11.7. The molecule has 0 spiro atoms. The number of rotatable bonds is 7. The summed E-state index contributed by atoms with van der Waals surface area (Å²) in [7, 11) is 0. The maximum Gasteiger partial charge on any atom is 0.220 e. The molecule has 0 aromatic heterocycles. The van der Waals surface area contributed by atoms with Crippen molar-refractivity contribution in [3.05, 3.63) is 35.9 Å². The van der Waals surface area contributed by atoms with Crippen molar-refractivity contribution in [1.29, 1.82) is 0 Å². The lowest BCUT2D eigenvalue weighted by Crippen LogP contribution is -2.37. The van der Waals surface area contributed by atoms with Gasteiger partial charge in [0.15, 0.2) is 0 Å². The Bertz CT molecular complexity index is 393. The van der Waals surface area contributed by atoms with Crippen LogP contribution in [0.4, 0.5) is 0 Å². The van der Waals surface area contributed by atoms with Gasteiger partial charge < -0.3 is 11.1 Å². The molecular weight excluding hydrogens is 272 g/mol. The summed E-state index contributed by atoms with van der Waals surface area (Å²) < 4.78 is 0. The Balaban J connectivity index is 0.00000361. The molecule has 3 N–H and O–H groups in total. The molecule has 114 valence electrons. The highest BCUT2D eigenvalue weighted by molar-refractivity contribution is 5.85. The SMILES string of the molecule is CC(CC(C)(C)c1ccccc1)NC(=O)CCCN.Cl. The van der Waals surface area contributed by atoms with Gasteiger partial charge in [0.25, 0.3) is 0 Å². The highest BCUT2D eigenvalue weighted by Gasteiger charge is 2.23. The van der Waals surface area contributed by atoms with E-state index in [9.17, 15) is 4.79 Å². The minimum atomic E-state index is 0. The van der Waals surface area contributed by atoms with Gasteiger partial charge in [0.2, 0.25) is 5.91 Å². The molecule has 0 saturated carbocycles. The largest absolute Gasteiger partial charge is 0.354 e. The molecule has 1 aromatic rings. The monoisotopic (exact) mass is 298 g/mol. The molecule has 0 saturated heterocycles. The van der Waals surface area contributed by atoms with Crippen LogP contribution in [0.15, 0.2) is 30.3 Å². The van der Waals surface area contributed by atoms with Gasteiger partial charge in [-0.1, -0.05) is 44.2 Å². The van der Waals surface area contributed by atoms with Crippen LogP contribution in [0.2, 0.25) is 0 Å². The first-order valence-electron chi connectivity index (χ1n) is 7.00. The second-order valence-electron chi connectivity index (χ2n) is 5.81. The molecule has 0 aliphatic carbocycles. The number of hydrogen-bond acceptors (Lipinski definition) is 2. The lowest BCUT2D eigenvalue weighted by atomic mass is 9.79. The van der Waals surface area contributed by atoms with Crippen LogP contribution in [0, 0.1) is 0 Å². The predicted octanol–water partition coefficient (Wildman–Crippen LogP) is 3.02. The van der Waals surface area contributed by atoms with Gasteiger partial charge in [0.05, 0.1) is 0 Å². The van der Waals surface area contributed by atoms with Crippen LogP contribution in [0.3, 0.4) is 0 Å². The molecule has 0 aliphatic heterocycles. The quantitative estimate of drug-likeness (QED) is 0.813. The van der Waals surface area contributed by atoms with Gasteiger partial charge in [-0.3, -0.25) is 4.79 Å². The number of hydrogen-bond donors (Lipinski definition) is 2. The predicted molar refractivity (Wildman–Crippen MR) is 87.2 cm³/mol. The van der Waals surface area contributed by atoms with Crippen molar-refractivity contribution in [1.82, 2.24) is 5.32 Å². The minimum absolute atomic E-state index is 0. The summed E-state index contributed by atoms with van der Waals surface area (Å²) in [5.41, 5.74) is 6.77. The molecule has 1 aromatic carbocycles. The lowest BCUT2D eigenvalue weighted by Gasteiger charge is -2.29. The zero-order chi connectivity index (χ0) is 14.3. The number of carbonyl (C=O) groups is 1. The van der Waals surface area contributed by atoms with Gasteiger partial charge in [-0.2, -0.15) is 0 Å². The third-order valence-corrected chi connectivity index (χ3v) is 3.39. The Morgan fingerprint density at radius 2 is 1.90 bits per heavy atom. The third-order valence-electron chi connectivity index (χ3n) is 3.39. The van der Waals surface area contributed by atoms with Crippen molar-refractivity contribution in [2.45, 2.75) is 51.5 Å². The number of halogens is 1. The molecule has 0 heterocycles. The van der Waals surface area contributed by atoms with Gasteiger partial charge in [0.1, 0.15) is 0 Å². The lowest BCUT2D eigenvalue weighted by molar-refractivity contribution is -0.121. The number of amides is 1. The number of nitrogens with two attached hydrogens (primary N) is 1. The fraction of sp³-hybridized carbons (Fsp3) is 0.562. The fourth-order valence-electron chi connectivity index (χ4n) is 2.43. The Morgan fingerprint density at radius 1 is 1.30 bits per heavy atom. The molecule has 0 aliphatic rings. The second-order valence-corrected chi connectivity index (χ2v) is 5.81. The van der Waals surface area contributed by atoms with Crippen molar-refractivity contribution in [2.24, 2.45) is 5.73 Å². The highest BCUT2D eigenvalue weighted by Crippen LogP contribution is 2.28. The van der Waals surface area contributed by atoms with Crippen molar-refractivity contribution >= 4 is 18.3 Å². The van der Waals surface area contributed by atoms with E-state index in [4.69, 9.17) is 5.73 Å². The Labute approximate surface area is 128 Å². The van der Waals surface area contributed by atoms with Gasteiger partial charge in [0, 0.05) is 12.5 Å². The number of carbonyl (C=O) groups excluding carboxylic acids is 1. The summed E-state index contributed by atoms with van der Waals surface area (Å²) in [5.74, 6) is 0.0989. The van der Waals surface area contributed by atoms with E-state index in [0.717, 1.165) is 12.8 Å². The first kappa shape index (κ1) is 18.9. The minimum Gasteiger partial charge on any atom is -0.354 e. The Hall–Kier alpha value is -1.06. The normalized spacial score (nSPS) is 12.4. The van der Waals surface area contributed by atoms with E-state index in [1.54, 1.807) is 0 Å². The summed E-state index contributed by atoms with van der Waals surface area (Å²) in [4.78, 5) is 11.7. The molecule has 1 atom stereocenters. The number of nitrogens with one attached hydrogen (secondary N) is 1. The number of benzene rings is 1. The fourth-order valence-corrected chi connectivity index (χ4v) is 2.43. The van der Waals surface area contributed by atoms with E-state index in [1.165, 1.54) is 5.56 Å². The average molecular weight is 299 g/mol. The molecule has 20 heavy (non-hydrogen) atoms. The average Bonchev–Trinajstić information content (AvgIpc) is 2.36. The van der Waals surface area contributed by atoms with E-state index < -0.39 is 0 Å². The Kier molecular flexibility index (Phi) is 8.51. The third kappa shape index (κ3) is 6.40. The van der Waals surface area contributed by atoms with Gasteiger partial charge in [-0.05, 0) is 37.3 Å². The second kappa shape index (κ2) is 8.98. The molecule has 0 bridgehead atoms. The summed E-state index contributed by atoms with van der Waals surface area (Å²) in [6.45, 7) is 7.05. The highest BCUT2D eigenvalue weighted by atomic mass is 35.5. The van der Waals surface area contributed by atoms with Crippen LogP contribution in [-0.4, -0.2) is 18.5 Å². The van der Waals surface area contributed by atoms with Gasteiger partial charge >= 0.3 is 0 Å². The molecule has 1 amide bonds. The van der Waals surface area contributed by atoms with E-state index >= 15 is 0 Å². The molecule has 1 rings (SSSR count). The smallest absolute Gasteiger partial charge is 0.220 e. The zero-order valence-electron chi connectivity index (χ0n) is 12.7. The first-order chi connectivity index (χ1) is 8.95. The van der Waals surface area contributed by atoms with E-state index in [1.807, 2.05) is 6.07 Å². The molecule has 0 fully saturated rings. The van der Waals surface area contributed by atoms with Crippen molar-refractivity contribution < 1.29 is 4.79 Å². The van der Waals surface area contributed by atoms with Crippen LogP contribution in [-0.2, 0) is 10.2 Å². The molecule has 3 nitrogen and oxygen atoms in total. The topological polar surface area (TPSA) is 55.1 Å². The molecule has 0 radical (unpaired) electrons. The van der Waals surface area contributed by atoms with Crippen LogP contribution in [0.1, 0.15) is 45.6 Å². The van der Waals surface area contributed by atoms with E-state index in [2.05, 4.69) is 50.4 Å². The summed E-state index contributed by atoms with van der Waals surface area (Å²) in [6, 6.07) is 10.6. The maximum atomic E-state index is 11.7. The molecule has 4 heteroatoms. The van der Waals surface area contributed by atoms with Crippen molar-refractivity contribution in [3.8, 4) is 0 Å². The zero-order valence-corrected chi connectivity index (χ0v) is 13.5. The van der Waals surface area contributed by atoms with Crippen LogP contribution in [0.5, 0.6) is 0 Å². The van der Waals surface area contributed by atoms with Crippen LogP contribution >= 0.6 is 12.4 Å².